The molecule has 0 unspecified atom stereocenters. The Balaban J connectivity index is 1.94. The van der Waals surface area contributed by atoms with E-state index >= 15 is 0 Å². The molecule has 0 bridgehead atoms. The standard InChI is InChI=1S/C20H22N2O3S/c1-13-9-14(2)20(16(4)23)15(3)18(13)12-26(24,25)11-17-10-22-8-6-5-7-19(22)21-17/h5-10H,11-12H2,1-4H3. The molecule has 0 radical (unpaired) electrons. The molecule has 2 heterocycles. The molecule has 0 fully saturated rings. The molecule has 6 heteroatoms. The molecule has 0 N–H and O–H groups in total. The van der Waals surface area contributed by atoms with Gasteiger partial charge in [-0.05, 0) is 62.1 Å². The molecule has 0 aliphatic carbocycles. The summed E-state index contributed by atoms with van der Waals surface area (Å²) >= 11 is 0. The highest BCUT2D eigenvalue weighted by molar-refractivity contribution is 7.89. The molecule has 0 aliphatic heterocycles. The van der Waals surface area contributed by atoms with Gasteiger partial charge in [0, 0.05) is 18.0 Å². The monoisotopic (exact) mass is 370 g/mol. The second-order valence-corrected chi connectivity index (χ2v) is 8.84. The SMILES string of the molecule is CC(=O)c1c(C)cc(C)c(CS(=O)(=O)Cc2cn3ccccc3n2)c1C. The summed E-state index contributed by atoms with van der Waals surface area (Å²) in [5, 5.41) is 0. The summed E-state index contributed by atoms with van der Waals surface area (Å²) in [6, 6.07) is 7.46. The Bertz CT molecular complexity index is 1080. The van der Waals surface area contributed by atoms with E-state index in [1.54, 1.807) is 10.6 Å². The first-order valence-corrected chi connectivity index (χ1v) is 10.2. The second kappa shape index (κ2) is 6.68. The van der Waals surface area contributed by atoms with Crippen LogP contribution in [-0.2, 0) is 21.3 Å². The Hall–Kier alpha value is -2.47. The van der Waals surface area contributed by atoms with Crippen LogP contribution < -0.4 is 0 Å². The lowest BCUT2D eigenvalue weighted by Crippen LogP contribution is -2.13. The van der Waals surface area contributed by atoms with Crippen LogP contribution >= 0.6 is 0 Å². The van der Waals surface area contributed by atoms with Crippen LogP contribution in [0.25, 0.3) is 5.65 Å². The van der Waals surface area contributed by atoms with Crippen molar-refractivity contribution in [2.75, 3.05) is 0 Å². The van der Waals surface area contributed by atoms with Gasteiger partial charge in [-0.2, -0.15) is 0 Å². The number of hydrogen-bond acceptors (Lipinski definition) is 4. The minimum Gasteiger partial charge on any atom is -0.307 e. The number of fused-ring (bicyclic) bond motifs is 1. The summed E-state index contributed by atoms with van der Waals surface area (Å²) < 4.78 is 27.4. The van der Waals surface area contributed by atoms with Gasteiger partial charge in [-0.15, -0.1) is 0 Å². The fourth-order valence-corrected chi connectivity index (χ4v) is 5.12. The van der Waals surface area contributed by atoms with Crippen LogP contribution in [0, 0.1) is 20.8 Å². The van der Waals surface area contributed by atoms with Gasteiger partial charge in [-0.1, -0.05) is 12.1 Å². The zero-order valence-corrected chi connectivity index (χ0v) is 16.2. The van der Waals surface area contributed by atoms with E-state index in [4.69, 9.17) is 0 Å². The Morgan fingerprint density at radius 1 is 1.12 bits per heavy atom. The highest BCUT2D eigenvalue weighted by Crippen LogP contribution is 2.25. The van der Waals surface area contributed by atoms with Gasteiger partial charge in [-0.25, -0.2) is 13.4 Å². The fraction of sp³-hybridized carbons (Fsp3) is 0.300. The molecule has 3 aromatic rings. The molecule has 0 saturated carbocycles. The summed E-state index contributed by atoms with van der Waals surface area (Å²) in [6.45, 7) is 7.11. The van der Waals surface area contributed by atoms with Crippen molar-refractivity contribution in [3.63, 3.8) is 0 Å². The molecule has 1 aromatic carbocycles. The van der Waals surface area contributed by atoms with Gasteiger partial charge in [0.25, 0.3) is 0 Å². The van der Waals surface area contributed by atoms with Crippen molar-refractivity contribution in [1.82, 2.24) is 9.38 Å². The van der Waals surface area contributed by atoms with E-state index in [0.717, 1.165) is 22.3 Å². The summed E-state index contributed by atoms with van der Waals surface area (Å²) in [5.74, 6) is -0.269. The largest absolute Gasteiger partial charge is 0.307 e. The molecule has 0 spiro atoms. The van der Waals surface area contributed by atoms with Crippen molar-refractivity contribution in [2.45, 2.75) is 39.2 Å². The summed E-state index contributed by atoms with van der Waals surface area (Å²) in [4.78, 5) is 16.3. The number of imidazole rings is 1. The van der Waals surface area contributed by atoms with Crippen molar-refractivity contribution in [2.24, 2.45) is 0 Å². The number of aryl methyl sites for hydroxylation is 2. The second-order valence-electron chi connectivity index (χ2n) is 6.78. The lowest BCUT2D eigenvalue weighted by Gasteiger charge is -2.16. The zero-order valence-electron chi connectivity index (χ0n) is 15.4. The van der Waals surface area contributed by atoms with Gasteiger partial charge in [0.15, 0.2) is 15.6 Å². The molecular weight excluding hydrogens is 348 g/mol. The highest BCUT2D eigenvalue weighted by atomic mass is 32.2. The summed E-state index contributed by atoms with van der Waals surface area (Å²) in [5.41, 5.74) is 5.11. The van der Waals surface area contributed by atoms with E-state index < -0.39 is 9.84 Å². The number of rotatable bonds is 5. The summed E-state index contributed by atoms with van der Waals surface area (Å²) in [6.07, 6.45) is 3.58. The Morgan fingerprint density at radius 3 is 2.50 bits per heavy atom. The van der Waals surface area contributed by atoms with Crippen molar-refractivity contribution >= 4 is 21.3 Å². The number of sulfone groups is 1. The zero-order chi connectivity index (χ0) is 19.1. The molecule has 26 heavy (non-hydrogen) atoms. The van der Waals surface area contributed by atoms with E-state index in [-0.39, 0.29) is 17.3 Å². The molecule has 0 amide bonds. The van der Waals surface area contributed by atoms with Crippen LogP contribution in [0.3, 0.4) is 0 Å². The minimum atomic E-state index is -3.42. The van der Waals surface area contributed by atoms with Crippen LogP contribution in [0.5, 0.6) is 0 Å². The minimum absolute atomic E-state index is 0.0426. The van der Waals surface area contributed by atoms with Gasteiger partial charge >= 0.3 is 0 Å². The van der Waals surface area contributed by atoms with Crippen molar-refractivity contribution in [3.05, 3.63) is 70.2 Å². The number of aromatic nitrogens is 2. The van der Waals surface area contributed by atoms with Crippen LogP contribution in [0.15, 0.2) is 36.7 Å². The van der Waals surface area contributed by atoms with Gasteiger partial charge in [-0.3, -0.25) is 4.79 Å². The third-order valence-corrected chi connectivity index (χ3v) is 6.09. The van der Waals surface area contributed by atoms with E-state index in [2.05, 4.69) is 4.98 Å². The molecule has 2 aromatic heterocycles. The molecule has 0 atom stereocenters. The molecule has 136 valence electrons. The Morgan fingerprint density at radius 2 is 1.85 bits per heavy atom. The molecule has 0 aliphatic rings. The average molecular weight is 370 g/mol. The van der Waals surface area contributed by atoms with E-state index in [9.17, 15) is 13.2 Å². The third kappa shape index (κ3) is 3.55. The average Bonchev–Trinajstić information content (AvgIpc) is 2.92. The maximum absolute atomic E-state index is 12.8. The number of benzene rings is 1. The van der Waals surface area contributed by atoms with E-state index in [0.29, 0.717) is 16.8 Å². The maximum Gasteiger partial charge on any atom is 0.160 e. The maximum atomic E-state index is 12.8. The van der Waals surface area contributed by atoms with Gasteiger partial charge in [0.2, 0.25) is 0 Å². The molecule has 5 nitrogen and oxygen atoms in total. The van der Waals surface area contributed by atoms with Crippen molar-refractivity contribution in [1.29, 1.82) is 0 Å². The van der Waals surface area contributed by atoms with Crippen molar-refractivity contribution in [3.8, 4) is 0 Å². The molecule has 3 rings (SSSR count). The quantitative estimate of drug-likeness (QED) is 0.644. The fourth-order valence-electron chi connectivity index (χ4n) is 3.54. The van der Waals surface area contributed by atoms with Crippen LogP contribution in [0.1, 0.15) is 45.2 Å². The molecular formula is C20H22N2O3S. The lowest BCUT2D eigenvalue weighted by atomic mass is 9.92. The van der Waals surface area contributed by atoms with Gasteiger partial charge < -0.3 is 4.40 Å². The first kappa shape index (κ1) is 18.3. The Kier molecular flexibility index (Phi) is 4.71. The van der Waals surface area contributed by atoms with Crippen LogP contribution in [0.4, 0.5) is 0 Å². The first-order chi connectivity index (χ1) is 12.2. The number of pyridine rings is 1. The summed E-state index contributed by atoms with van der Waals surface area (Å²) in [7, 11) is -3.42. The number of Topliss-reactive ketones (excluding diaryl/α,β-unsaturated/α-hetero) is 1. The third-order valence-electron chi connectivity index (χ3n) is 4.63. The van der Waals surface area contributed by atoms with Crippen LogP contribution in [-0.4, -0.2) is 23.6 Å². The van der Waals surface area contributed by atoms with Gasteiger partial charge in [0.1, 0.15) is 5.65 Å². The predicted molar refractivity (Wildman–Crippen MR) is 102 cm³/mol. The number of nitrogens with zero attached hydrogens (tertiary/aromatic N) is 2. The first-order valence-electron chi connectivity index (χ1n) is 8.41. The smallest absolute Gasteiger partial charge is 0.160 e. The molecule has 0 saturated heterocycles. The lowest BCUT2D eigenvalue weighted by molar-refractivity contribution is 0.101. The number of ketones is 1. The van der Waals surface area contributed by atoms with Crippen molar-refractivity contribution < 1.29 is 13.2 Å². The predicted octanol–water partition coefficient (Wildman–Crippen LogP) is 3.58. The Labute approximate surface area is 153 Å². The topological polar surface area (TPSA) is 68.5 Å². The number of carbonyl (C=O) groups is 1. The highest BCUT2D eigenvalue weighted by Gasteiger charge is 2.21. The van der Waals surface area contributed by atoms with E-state index in [1.165, 1.54) is 6.92 Å². The van der Waals surface area contributed by atoms with Crippen LogP contribution in [0.2, 0.25) is 0 Å². The number of hydrogen-bond donors (Lipinski definition) is 0. The number of carbonyl (C=O) groups excluding carboxylic acids is 1. The van der Waals surface area contributed by atoms with E-state index in [1.807, 2.05) is 51.2 Å². The van der Waals surface area contributed by atoms with Gasteiger partial charge in [0.05, 0.1) is 17.2 Å². The normalized spacial score (nSPS) is 11.8.